The highest BCUT2D eigenvalue weighted by Gasteiger charge is 2.40. The van der Waals surface area contributed by atoms with E-state index in [1.807, 2.05) is 39.8 Å². The van der Waals surface area contributed by atoms with Crippen molar-refractivity contribution < 1.29 is 4.79 Å². The number of amides is 1. The molecule has 0 radical (unpaired) electrons. The molecule has 1 aromatic rings. The van der Waals surface area contributed by atoms with Gasteiger partial charge in [-0.05, 0) is 39.8 Å². The number of carbonyl (C=O) groups is 1. The molecule has 1 rings (SSSR count). The fraction of sp³-hybridized carbons (Fsp3) is 0.545. The fourth-order valence-electron chi connectivity index (χ4n) is 0.959. The predicted molar refractivity (Wildman–Crippen MR) is 60.8 cm³/mol. The third kappa shape index (κ3) is 2.39. The van der Waals surface area contributed by atoms with Crippen LogP contribution >= 0.6 is 0 Å². The summed E-state index contributed by atoms with van der Waals surface area (Å²) in [6.07, 6.45) is 3.55. The average Bonchev–Trinajstić information content (AvgIpc) is 2.54. The van der Waals surface area contributed by atoms with Gasteiger partial charge in [-0.2, -0.15) is 0 Å². The molecule has 0 saturated carbocycles. The van der Waals surface area contributed by atoms with Crippen LogP contribution in [-0.2, 0) is 4.79 Å². The number of nitrogens with two attached hydrogens (primary N) is 1. The molecule has 4 nitrogen and oxygen atoms in total. The van der Waals surface area contributed by atoms with Crippen molar-refractivity contribution in [3.63, 3.8) is 0 Å². The van der Waals surface area contributed by atoms with Gasteiger partial charge in [-0.3, -0.25) is 14.9 Å². The minimum Gasteiger partial charge on any atom is -0.325 e. The second-order valence-electron chi connectivity index (χ2n) is 4.88. The molecule has 0 unspecified atom stereocenters. The summed E-state index contributed by atoms with van der Waals surface area (Å²) in [6.45, 7) is 7.38. The Labute approximate surface area is 90.4 Å². The van der Waals surface area contributed by atoms with Crippen LogP contribution < -0.4 is 11.2 Å². The van der Waals surface area contributed by atoms with Crippen molar-refractivity contribution in [1.82, 2.24) is 4.68 Å². The van der Waals surface area contributed by atoms with Gasteiger partial charge in [0.15, 0.2) is 0 Å². The van der Waals surface area contributed by atoms with Gasteiger partial charge in [-0.1, -0.05) is 0 Å². The normalized spacial score (nSPS) is 12.6. The average molecular weight is 209 g/mol. The molecule has 0 saturated heterocycles. The molecule has 0 aromatic carbocycles. The summed E-state index contributed by atoms with van der Waals surface area (Å²) in [7, 11) is 0. The monoisotopic (exact) mass is 209 g/mol. The number of aromatic nitrogens is 1. The van der Waals surface area contributed by atoms with Gasteiger partial charge in [0.2, 0.25) is 5.91 Å². The van der Waals surface area contributed by atoms with E-state index in [1.54, 1.807) is 17.1 Å². The molecular weight excluding hydrogens is 190 g/mol. The molecule has 1 heterocycles. The smallest absolute Gasteiger partial charge is 0.246 e. The van der Waals surface area contributed by atoms with Gasteiger partial charge >= 0.3 is 0 Å². The number of nitrogens with zero attached hydrogens (tertiary/aromatic N) is 1. The van der Waals surface area contributed by atoms with Crippen molar-refractivity contribution in [3.8, 4) is 0 Å². The molecular formula is C11H19N3O. The summed E-state index contributed by atoms with van der Waals surface area (Å²) in [5.74, 6) is -0.0915. The zero-order valence-electron chi connectivity index (χ0n) is 9.74. The van der Waals surface area contributed by atoms with E-state index in [-0.39, 0.29) is 5.91 Å². The van der Waals surface area contributed by atoms with Crippen LogP contribution in [0.15, 0.2) is 24.5 Å². The molecule has 0 aliphatic carbocycles. The number of hydrogen-bond donors (Lipinski definition) is 2. The third-order valence-electron chi connectivity index (χ3n) is 3.01. The first-order chi connectivity index (χ1) is 6.75. The van der Waals surface area contributed by atoms with Crippen LogP contribution in [0.2, 0.25) is 0 Å². The van der Waals surface area contributed by atoms with Crippen LogP contribution in [0.1, 0.15) is 27.7 Å². The minimum atomic E-state index is -0.628. The predicted octanol–water partition coefficient (Wildman–Crippen LogP) is 1.32. The van der Waals surface area contributed by atoms with Crippen molar-refractivity contribution >= 4 is 5.91 Å². The van der Waals surface area contributed by atoms with Crippen LogP contribution in [0.25, 0.3) is 0 Å². The summed E-state index contributed by atoms with van der Waals surface area (Å²) < 4.78 is 1.62. The van der Waals surface area contributed by atoms with Crippen molar-refractivity contribution in [2.45, 2.75) is 33.2 Å². The van der Waals surface area contributed by atoms with Crippen molar-refractivity contribution in [3.05, 3.63) is 24.5 Å². The summed E-state index contributed by atoms with van der Waals surface area (Å²) in [5, 5.41) is 0. The maximum absolute atomic E-state index is 12.0. The molecule has 3 N–H and O–H groups in total. The molecule has 84 valence electrons. The van der Waals surface area contributed by atoms with Gasteiger partial charge in [0.1, 0.15) is 0 Å². The van der Waals surface area contributed by atoms with E-state index in [2.05, 4.69) is 5.43 Å². The molecule has 0 atom stereocenters. The van der Waals surface area contributed by atoms with Crippen LogP contribution in [0, 0.1) is 5.41 Å². The van der Waals surface area contributed by atoms with Crippen LogP contribution in [0.5, 0.6) is 0 Å². The van der Waals surface area contributed by atoms with E-state index < -0.39 is 11.0 Å². The van der Waals surface area contributed by atoms with Gasteiger partial charge in [0.25, 0.3) is 0 Å². The van der Waals surface area contributed by atoms with E-state index in [0.717, 1.165) is 0 Å². The van der Waals surface area contributed by atoms with E-state index in [0.29, 0.717) is 0 Å². The van der Waals surface area contributed by atoms with E-state index in [9.17, 15) is 4.79 Å². The Kier molecular flexibility index (Phi) is 2.90. The maximum atomic E-state index is 12.0. The Morgan fingerprint density at radius 1 is 1.20 bits per heavy atom. The van der Waals surface area contributed by atoms with Gasteiger partial charge in [-0.15, -0.1) is 0 Å². The van der Waals surface area contributed by atoms with Crippen molar-refractivity contribution in [2.75, 3.05) is 5.43 Å². The van der Waals surface area contributed by atoms with Gasteiger partial charge in [-0.25, -0.2) is 0 Å². The third-order valence-corrected chi connectivity index (χ3v) is 3.01. The zero-order valence-corrected chi connectivity index (χ0v) is 9.74. The lowest BCUT2D eigenvalue weighted by atomic mass is 9.74. The number of rotatable bonds is 3. The van der Waals surface area contributed by atoms with Gasteiger partial charge in [0, 0.05) is 17.9 Å². The van der Waals surface area contributed by atoms with Crippen LogP contribution in [0.4, 0.5) is 0 Å². The van der Waals surface area contributed by atoms with Gasteiger partial charge < -0.3 is 5.73 Å². The lowest BCUT2D eigenvalue weighted by Gasteiger charge is -2.36. The first-order valence-corrected chi connectivity index (χ1v) is 4.98. The lowest BCUT2D eigenvalue weighted by molar-refractivity contribution is -0.127. The Morgan fingerprint density at radius 2 is 1.67 bits per heavy atom. The van der Waals surface area contributed by atoms with Crippen molar-refractivity contribution in [2.24, 2.45) is 11.1 Å². The highest BCUT2D eigenvalue weighted by Crippen LogP contribution is 2.28. The second kappa shape index (κ2) is 3.70. The summed E-state index contributed by atoms with van der Waals surface area (Å²) >= 11 is 0. The zero-order chi connectivity index (χ0) is 11.7. The Hall–Kier alpha value is -1.29. The van der Waals surface area contributed by atoms with Crippen molar-refractivity contribution in [1.29, 1.82) is 0 Å². The standard InChI is InChI=1S/C11H19N3O/c1-10(2,11(3,4)12)9(15)13-14-7-5-6-8-14/h5-8H,12H2,1-4H3,(H,13,15). The number of hydrogen-bond acceptors (Lipinski definition) is 2. The summed E-state index contributed by atoms with van der Waals surface area (Å²) in [6, 6.07) is 3.70. The first-order valence-electron chi connectivity index (χ1n) is 4.98. The number of nitrogens with one attached hydrogen (secondary N) is 1. The highest BCUT2D eigenvalue weighted by molar-refractivity contribution is 5.90. The molecule has 0 fully saturated rings. The summed E-state index contributed by atoms with van der Waals surface area (Å²) in [4.78, 5) is 12.0. The first kappa shape index (κ1) is 11.8. The molecule has 0 bridgehead atoms. The van der Waals surface area contributed by atoms with E-state index in [1.165, 1.54) is 0 Å². The largest absolute Gasteiger partial charge is 0.325 e. The fourth-order valence-corrected chi connectivity index (χ4v) is 0.959. The van der Waals surface area contributed by atoms with Crippen LogP contribution in [-0.4, -0.2) is 16.1 Å². The Bertz CT molecular complexity index is 333. The molecule has 4 heteroatoms. The van der Waals surface area contributed by atoms with Gasteiger partial charge in [0.05, 0.1) is 5.41 Å². The van der Waals surface area contributed by atoms with Crippen LogP contribution in [0.3, 0.4) is 0 Å². The molecule has 15 heavy (non-hydrogen) atoms. The topological polar surface area (TPSA) is 60.1 Å². The Balaban J connectivity index is 2.77. The molecule has 0 spiro atoms. The highest BCUT2D eigenvalue weighted by atomic mass is 16.2. The molecule has 1 aromatic heterocycles. The van der Waals surface area contributed by atoms with E-state index in [4.69, 9.17) is 5.73 Å². The molecule has 0 aliphatic rings. The maximum Gasteiger partial charge on any atom is 0.246 e. The number of carbonyl (C=O) groups excluding carboxylic acids is 1. The SMILES string of the molecule is CC(C)(N)C(C)(C)C(=O)Nn1cccc1. The molecule has 1 amide bonds. The quantitative estimate of drug-likeness (QED) is 0.788. The lowest BCUT2D eigenvalue weighted by Crippen LogP contribution is -2.54. The Morgan fingerprint density at radius 3 is 2.07 bits per heavy atom. The van der Waals surface area contributed by atoms with E-state index >= 15 is 0 Å². The second-order valence-corrected chi connectivity index (χ2v) is 4.88. The summed E-state index contributed by atoms with van der Waals surface area (Å²) in [5.41, 5.74) is 7.55. The minimum absolute atomic E-state index is 0.0915. The molecule has 0 aliphatic heterocycles.